The number of nitrogens with zero attached hydrogens (tertiary/aromatic N) is 6. The normalized spacial score (nSPS) is 20.7. The molecule has 4 rings (SSSR count). The van der Waals surface area contributed by atoms with E-state index in [4.69, 9.17) is 4.98 Å². The molecule has 0 atom stereocenters. The summed E-state index contributed by atoms with van der Waals surface area (Å²) in [6, 6.07) is 1.87. The van der Waals surface area contributed by atoms with Crippen molar-refractivity contribution in [3.05, 3.63) is 36.2 Å². The Morgan fingerprint density at radius 1 is 1.04 bits per heavy atom. The molecule has 2 aromatic heterocycles. The highest BCUT2D eigenvalue weighted by Gasteiger charge is 2.46. The maximum Gasteiger partial charge on any atom is 0.225 e. The van der Waals surface area contributed by atoms with Crippen LogP contribution in [0.3, 0.4) is 0 Å². The molecule has 122 valence electrons. The Morgan fingerprint density at radius 2 is 1.78 bits per heavy atom. The van der Waals surface area contributed by atoms with Crippen LogP contribution in [0, 0.1) is 6.92 Å². The number of likely N-dealkylation sites (N-methyl/N-ethyl adjacent to an activating group) is 1. The quantitative estimate of drug-likeness (QED) is 0.846. The monoisotopic (exact) mass is 312 g/mol. The van der Waals surface area contributed by atoms with Crippen LogP contribution in [0.25, 0.3) is 0 Å². The van der Waals surface area contributed by atoms with Crippen LogP contribution in [0.1, 0.15) is 31.3 Å². The highest BCUT2D eigenvalue weighted by molar-refractivity contribution is 5.31. The molecule has 6 nitrogen and oxygen atoms in total. The van der Waals surface area contributed by atoms with Crippen LogP contribution in [0.2, 0.25) is 0 Å². The SMILES string of the molecule is CCN1CCn2c(C)cnc2C12CCN(c1ncccn1)CC2. The fraction of sp³-hybridized carbons (Fsp3) is 0.588. The van der Waals surface area contributed by atoms with Gasteiger partial charge in [-0.3, -0.25) is 4.90 Å². The lowest BCUT2D eigenvalue weighted by atomic mass is 9.83. The summed E-state index contributed by atoms with van der Waals surface area (Å²) in [5.41, 5.74) is 1.36. The molecule has 0 N–H and O–H groups in total. The van der Waals surface area contributed by atoms with Gasteiger partial charge in [0.2, 0.25) is 5.95 Å². The summed E-state index contributed by atoms with van der Waals surface area (Å²) in [6.07, 6.45) is 7.83. The van der Waals surface area contributed by atoms with Crippen LogP contribution < -0.4 is 4.90 Å². The van der Waals surface area contributed by atoms with Gasteiger partial charge in [-0.25, -0.2) is 15.0 Å². The van der Waals surface area contributed by atoms with Crippen molar-refractivity contribution in [2.45, 2.75) is 38.8 Å². The average molecular weight is 312 g/mol. The summed E-state index contributed by atoms with van der Waals surface area (Å²) in [6.45, 7) is 9.63. The van der Waals surface area contributed by atoms with Crippen molar-refractivity contribution in [2.75, 3.05) is 31.1 Å². The Balaban J connectivity index is 1.63. The van der Waals surface area contributed by atoms with Crippen LogP contribution in [0.4, 0.5) is 5.95 Å². The zero-order chi connectivity index (χ0) is 15.9. The lowest BCUT2D eigenvalue weighted by Crippen LogP contribution is -2.58. The van der Waals surface area contributed by atoms with Gasteiger partial charge in [-0.15, -0.1) is 0 Å². The molecule has 1 saturated heterocycles. The Labute approximate surface area is 137 Å². The van der Waals surface area contributed by atoms with Crippen LogP contribution in [-0.4, -0.2) is 50.6 Å². The minimum absolute atomic E-state index is 0.0759. The number of anilines is 1. The molecule has 1 fully saturated rings. The number of hydrogen-bond acceptors (Lipinski definition) is 5. The van der Waals surface area contributed by atoms with Gasteiger partial charge in [0.15, 0.2) is 0 Å². The molecular formula is C17H24N6. The van der Waals surface area contributed by atoms with Crippen LogP contribution in [0.5, 0.6) is 0 Å². The van der Waals surface area contributed by atoms with E-state index in [2.05, 4.69) is 38.2 Å². The minimum Gasteiger partial charge on any atom is -0.341 e. The van der Waals surface area contributed by atoms with Gasteiger partial charge in [0.1, 0.15) is 5.82 Å². The Kier molecular flexibility index (Phi) is 3.56. The third-order valence-electron chi connectivity index (χ3n) is 5.48. The summed E-state index contributed by atoms with van der Waals surface area (Å²) >= 11 is 0. The first-order valence-electron chi connectivity index (χ1n) is 8.54. The van der Waals surface area contributed by atoms with Gasteiger partial charge in [0.05, 0.1) is 5.54 Å². The molecule has 23 heavy (non-hydrogen) atoms. The van der Waals surface area contributed by atoms with Crippen LogP contribution in [0.15, 0.2) is 24.7 Å². The summed E-state index contributed by atoms with van der Waals surface area (Å²) in [4.78, 5) is 18.5. The van der Waals surface area contributed by atoms with E-state index in [9.17, 15) is 0 Å². The minimum atomic E-state index is 0.0759. The number of hydrogen-bond donors (Lipinski definition) is 0. The van der Waals surface area contributed by atoms with Gasteiger partial charge in [0.25, 0.3) is 0 Å². The summed E-state index contributed by atoms with van der Waals surface area (Å²) in [5, 5.41) is 0. The number of piperidine rings is 1. The Bertz CT molecular complexity index is 672. The maximum atomic E-state index is 4.80. The standard InChI is InChI=1S/C17H24N6/c1-3-22-11-12-23-14(2)13-20-15(23)17(22)5-9-21(10-6-17)16-18-7-4-8-19-16/h4,7-8,13H,3,5-6,9-12H2,1-2H3. The lowest BCUT2D eigenvalue weighted by Gasteiger charge is -2.50. The molecule has 6 heteroatoms. The van der Waals surface area contributed by atoms with E-state index in [0.717, 1.165) is 51.5 Å². The molecule has 0 bridgehead atoms. The van der Waals surface area contributed by atoms with E-state index < -0.39 is 0 Å². The topological polar surface area (TPSA) is 50.1 Å². The van der Waals surface area contributed by atoms with Crippen molar-refractivity contribution < 1.29 is 0 Å². The van der Waals surface area contributed by atoms with Gasteiger partial charge in [-0.05, 0) is 32.4 Å². The number of imidazole rings is 1. The molecule has 2 aliphatic rings. The first-order valence-corrected chi connectivity index (χ1v) is 8.54. The first-order chi connectivity index (χ1) is 11.2. The van der Waals surface area contributed by atoms with Gasteiger partial charge in [-0.1, -0.05) is 6.92 Å². The van der Waals surface area contributed by atoms with Crippen molar-refractivity contribution in [3.63, 3.8) is 0 Å². The molecule has 4 heterocycles. The first kappa shape index (κ1) is 14.6. The Morgan fingerprint density at radius 3 is 2.48 bits per heavy atom. The molecule has 2 aromatic rings. The molecular weight excluding hydrogens is 288 g/mol. The Hall–Kier alpha value is -1.95. The van der Waals surface area contributed by atoms with Crippen molar-refractivity contribution in [3.8, 4) is 0 Å². The molecule has 0 saturated carbocycles. The van der Waals surface area contributed by atoms with Gasteiger partial charge >= 0.3 is 0 Å². The fourth-order valence-electron chi connectivity index (χ4n) is 4.22. The van der Waals surface area contributed by atoms with E-state index in [1.807, 2.05) is 24.7 Å². The van der Waals surface area contributed by atoms with E-state index >= 15 is 0 Å². The second-order valence-corrected chi connectivity index (χ2v) is 6.52. The number of aryl methyl sites for hydroxylation is 1. The number of aromatic nitrogens is 4. The summed E-state index contributed by atoms with van der Waals surface area (Å²) < 4.78 is 2.42. The molecule has 0 aliphatic carbocycles. The summed E-state index contributed by atoms with van der Waals surface area (Å²) in [5.74, 6) is 2.11. The number of fused-ring (bicyclic) bond motifs is 2. The van der Waals surface area contributed by atoms with E-state index in [-0.39, 0.29) is 5.54 Å². The second-order valence-electron chi connectivity index (χ2n) is 6.52. The molecule has 0 unspecified atom stereocenters. The van der Waals surface area contributed by atoms with E-state index in [1.54, 1.807) is 0 Å². The predicted molar refractivity (Wildman–Crippen MR) is 89.4 cm³/mol. The van der Waals surface area contributed by atoms with E-state index in [1.165, 1.54) is 11.5 Å². The smallest absolute Gasteiger partial charge is 0.225 e. The molecule has 1 spiro atoms. The summed E-state index contributed by atoms with van der Waals surface area (Å²) in [7, 11) is 0. The zero-order valence-corrected chi connectivity index (χ0v) is 13.9. The van der Waals surface area contributed by atoms with Crippen molar-refractivity contribution in [1.29, 1.82) is 0 Å². The third-order valence-corrected chi connectivity index (χ3v) is 5.48. The number of rotatable bonds is 2. The predicted octanol–water partition coefficient (Wildman–Crippen LogP) is 1.81. The molecule has 0 aromatic carbocycles. The van der Waals surface area contributed by atoms with Crippen molar-refractivity contribution in [2.24, 2.45) is 0 Å². The van der Waals surface area contributed by atoms with Crippen molar-refractivity contribution in [1.82, 2.24) is 24.4 Å². The zero-order valence-electron chi connectivity index (χ0n) is 13.9. The van der Waals surface area contributed by atoms with Crippen LogP contribution in [-0.2, 0) is 12.1 Å². The molecule has 0 radical (unpaired) electrons. The van der Waals surface area contributed by atoms with Gasteiger partial charge in [-0.2, -0.15) is 0 Å². The van der Waals surface area contributed by atoms with Crippen molar-refractivity contribution >= 4 is 5.95 Å². The average Bonchev–Trinajstić information content (AvgIpc) is 2.99. The maximum absolute atomic E-state index is 4.80. The lowest BCUT2D eigenvalue weighted by molar-refractivity contribution is 0.0287. The highest BCUT2D eigenvalue weighted by Crippen LogP contribution is 2.41. The third kappa shape index (κ3) is 2.24. The molecule has 0 amide bonds. The van der Waals surface area contributed by atoms with E-state index in [0.29, 0.717) is 0 Å². The van der Waals surface area contributed by atoms with Crippen LogP contribution >= 0.6 is 0 Å². The van der Waals surface area contributed by atoms with Gasteiger partial charge < -0.3 is 9.47 Å². The highest BCUT2D eigenvalue weighted by atomic mass is 15.3. The fourth-order valence-corrected chi connectivity index (χ4v) is 4.22. The second kappa shape index (κ2) is 5.60. The molecule has 2 aliphatic heterocycles. The largest absolute Gasteiger partial charge is 0.341 e. The van der Waals surface area contributed by atoms with Gasteiger partial charge in [0, 0.05) is 50.5 Å².